The van der Waals surface area contributed by atoms with Crippen LogP contribution in [0.2, 0.25) is 0 Å². The molecule has 3 heteroatoms. The highest BCUT2D eigenvalue weighted by molar-refractivity contribution is 5.51. The molecule has 0 spiro atoms. The summed E-state index contributed by atoms with van der Waals surface area (Å²) in [6, 6.07) is 8.22. The third-order valence-electron chi connectivity index (χ3n) is 2.65. The van der Waals surface area contributed by atoms with Gasteiger partial charge in [0.05, 0.1) is 12.2 Å². The van der Waals surface area contributed by atoms with Crippen molar-refractivity contribution in [1.82, 2.24) is 0 Å². The van der Waals surface area contributed by atoms with E-state index in [0.717, 1.165) is 31.7 Å². The fourth-order valence-electron chi connectivity index (χ4n) is 1.63. The summed E-state index contributed by atoms with van der Waals surface area (Å²) in [5, 5.41) is 13.0. The minimum absolute atomic E-state index is 0.617. The molecule has 0 unspecified atom stereocenters. The first-order chi connectivity index (χ1) is 8.03. The van der Waals surface area contributed by atoms with E-state index in [9.17, 15) is 5.11 Å². The van der Waals surface area contributed by atoms with Crippen LogP contribution in [0.3, 0.4) is 0 Å². The van der Waals surface area contributed by atoms with Crippen molar-refractivity contribution >= 4 is 5.69 Å². The largest absolute Gasteiger partial charge is 0.390 e. The average molecular weight is 237 g/mol. The fraction of sp³-hybridized carbons (Fsp3) is 0.571. The van der Waals surface area contributed by atoms with Gasteiger partial charge < -0.3 is 15.2 Å². The number of hydrogen-bond acceptors (Lipinski definition) is 3. The number of ether oxygens (including phenoxy) is 1. The summed E-state index contributed by atoms with van der Waals surface area (Å²) < 4.78 is 5.09. The van der Waals surface area contributed by atoms with Crippen molar-refractivity contribution < 1.29 is 9.84 Å². The van der Waals surface area contributed by atoms with E-state index in [1.807, 2.05) is 26.0 Å². The second-order valence-electron chi connectivity index (χ2n) is 4.89. The normalized spacial score (nSPS) is 11.5. The maximum atomic E-state index is 9.65. The molecule has 0 amide bonds. The van der Waals surface area contributed by atoms with E-state index >= 15 is 0 Å². The Morgan fingerprint density at radius 2 is 2.00 bits per heavy atom. The molecule has 1 aromatic rings. The van der Waals surface area contributed by atoms with Crippen molar-refractivity contribution in [2.24, 2.45) is 0 Å². The van der Waals surface area contributed by atoms with E-state index in [-0.39, 0.29) is 0 Å². The SMILES string of the molecule is COCCc1ccccc1NCCC(C)(C)O. The molecule has 0 atom stereocenters. The lowest BCUT2D eigenvalue weighted by atomic mass is 10.1. The Bertz CT molecular complexity index is 331. The summed E-state index contributed by atoms with van der Waals surface area (Å²) >= 11 is 0. The van der Waals surface area contributed by atoms with Gasteiger partial charge >= 0.3 is 0 Å². The van der Waals surface area contributed by atoms with E-state index in [0.29, 0.717) is 0 Å². The number of nitrogens with one attached hydrogen (secondary N) is 1. The third-order valence-corrected chi connectivity index (χ3v) is 2.65. The number of hydrogen-bond donors (Lipinski definition) is 2. The predicted molar refractivity (Wildman–Crippen MR) is 71.4 cm³/mol. The van der Waals surface area contributed by atoms with Crippen LogP contribution in [0.5, 0.6) is 0 Å². The molecule has 96 valence electrons. The summed E-state index contributed by atoms with van der Waals surface area (Å²) in [5.74, 6) is 0. The summed E-state index contributed by atoms with van der Waals surface area (Å²) in [5.41, 5.74) is 1.77. The second kappa shape index (κ2) is 6.62. The molecular weight excluding hydrogens is 214 g/mol. The number of para-hydroxylation sites is 1. The van der Waals surface area contributed by atoms with Crippen molar-refractivity contribution in [2.75, 3.05) is 25.6 Å². The molecule has 0 fully saturated rings. The Balaban J connectivity index is 2.51. The first kappa shape index (κ1) is 14.0. The zero-order valence-electron chi connectivity index (χ0n) is 11.0. The van der Waals surface area contributed by atoms with E-state index in [4.69, 9.17) is 4.74 Å². The molecule has 0 bridgehead atoms. The van der Waals surface area contributed by atoms with Gasteiger partial charge in [-0.25, -0.2) is 0 Å². The molecule has 2 N–H and O–H groups in total. The highest BCUT2D eigenvalue weighted by atomic mass is 16.5. The van der Waals surface area contributed by atoms with Crippen LogP contribution in [0, 0.1) is 0 Å². The monoisotopic (exact) mass is 237 g/mol. The van der Waals surface area contributed by atoms with E-state index < -0.39 is 5.60 Å². The van der Waals surface area contributed by atoms with Crippen LogP contribution in [-0.2, 0) is 11.2 Å². The molecule has 1 rings (SSSR count). The Kier molecular flexibility index (Phi) is 5.45. The van der Waals surface area contributed by atoms with Crippen molar-refractivity contribution in [3.8, 4) is 0 Å². The molecule has 0 saturated heterocycles. The lowest BCUT2D eigenvalue weighted by Gasteiger charge is -2.18. The minimum atomic E-state index is -0.617. The molecule has 0 heterocycles. The third kappa shape index (κ3) is 5.71. The quantitative estimate of drug-likeness (QED) is 0.765. The first-order valence-electron chi connectivity index (χ1n) is 6.06. The number of aliphatic hydroxyl groups is 1. The molecule has 0 aliphatic rings. The van der Waals surface area contributed by atoms with Gasteiger partial charge in [0.25, 0.3) is 0 Å². The lowest BCUT2D eigenvalue weighted by molar-refractivity contribution is 0.0748. The van der Waals surface area contributed by atoms with Gasteiger partial charge in [-0.3, -0.25) is 0 Å². The zero-order chi connectivity index (χ0) is 12.7. The Morgan fingerprint density at radius 1 is 1.29 bits per heavy atom. The predicted octanol–water partition coefficient (Wildman–Crippen LogP) is 2.45. The van der Waals surface area contributed by atoms with Crippen molar-refractivity contribution in [3.05, 3.63) is 29.8 Å². The Morgan fingerprint density at radius 3 is 2.65 bits per heavy atom. The summed E-state index contributed by atoms with van der Waals surface area (Å²) in [6.07, 6.45) is 1.63. The number of anilines is 1. The average Bonchev–Trinajstić information content (AvgIpc) is 2.26. The minimum Gasteiger partial charge on any atom is -0.390 e. The molecule has 0 radical (unpaired) electrons. The molecular formula is C14H23NO2. The molecule has 0 saturated carbocycles. The number of benzene rings is 1. The van der Waals surface area contributed by atoms with Crippen LogP contribution >= 0.6 is 0 Å². The van der Waals surface area contributed by atoms with Gasteiger partial charge in [-0.2, -0.15) is 0 Å². The van der Waals surface area contributed by atoms with Crippen molar-refractivity contribution in [3.63, 3.8) is 0 Å². The second-order valence-corrected chi connectivity index (χ2v) is 4.89. The molecule has 0 aliphatic heterocycles. The number of methoxy groups -OCH3 is 1. The maximum Gasteiger partial charge on any atom is 0.0608 e. The van der Waals surface area contributed by atoms with Gasteiger partial charge in [0, 0.05) is 19.3 Å². The van der Waals surface area contributed by atoms with Gasteiger partial charge in [-0.1, -0.05) is 18.2 Å². The van der Waals surface area contributed by atoms with Crippen LogP contribution in [0.4, 0.5) is 5.69 Å². The molecule has 1 aromatic carbocycles. The fourth-order valence-corrected chi connectivity index (χ4v) is 1.63. The molecule has 3 nitrogen and oxygen atoms in total. The van der Waals surface area contributed by atoms with Crippen LogP contribution in [0.15, 0.2) is 24.3 Å². The van der Waals surface area contributed by atoms with Gasteiger partial charge in [0.15, 0.2) is 0 Å². The summed E-state index contributed by atoms with van der Waals surface area (Å²) in [7, 11) is 1.71. The van der Waals surface area contributed by atoms with Gasteiger partial charge in [-0.05, 0) is 38.3 Å². The Hall–Kier alpha value is -1.06. The van der Waals surface area contributed by atoms with Crippen LogP contribution in [-0.4, -0.2) is 31.0 Å². The molecule has 0 aromatic heterocycles. The molecule has 0 aliphatic carbocycles. The highest BCUT2D eigenvalue weighted by Gasteiger charge is 2.11. The van der Waals surface area contributed by atoms with Crippen LogP contribution < -0.4 is 5.32 Å². The highest BCUT2D eigenvalue weighted by Crippen LogP contribution is 2.16. The van der Waals surface area contributed by atoms with E-state index in [1.165, 1.54) is 5.56 Å². The smallest absolute Gasteiger partial charge is 0.0608 e. The molecule has 17 heavy (non-hydrogen) atoms. The first-order valence-corrected chi connectivity index (χ1v) is 6.06. The zero-order valence-corrected chi connectivity index (χ0v) is 11.0. The summed E-state index contributed by atoms with van der Waals surface area (Å²) in [6.45, 7) is 5.15. The van der Waals surface area contributed by atoms with Gasteiger partial charge in [0.2, 0.25) is 0 Å². The number of rotatable bonds is 7. The van der Waals surface area contributed by atoms with Crippen LogP contribution in [0.25, 0.3) is 0 Å². The maximum absolute atomic E-state index is 9.65. The lowest BCUT2D eigenvalue weighted by Crippen LogP contribution is -2.22. The van der Waals surface area contributed by atoms with E-state index in [2.05, 4.69) is 17.4 Å². The van der Waals surface area contributed by atoms with Crippen molar-refractivity contribution in [1.29, 1.82) is 0 Å². The van der Waals surface area contributed by atoms with Crippen LogP contribution in [0.1, 0.15) is 25.8 Å². The Labute approximate surface area is 104 Å². The van der Waals surface area contributed by atoms with Gasteiger partial charge in [0.1, 0.15) is 0 Å². The summed E-state index contributed by atoms with van der Waals surface area (Å²) in [4.78, 5) is 0. The standard InChI is InChI=1S/C14H23NO2/c1-14(2,16)9-10-15-13-7-5-4-6-12(13)8-11-17-3/h4-7,15-16H,8-11H2,1-3H3. The van der Waals surface area contributed by atoms with E-state index in [1.54, 1.807) is 7.11 Å². The topological polar surface area (TPSA) is 41.5 Å². The van der Waals surface area contributed by atoms with Gasteiger partial charge in [-0.15, -0.1) is 0 Å². The van der Waals surface area contributed by atoms with Crippen molar-refractivity contribution in [2.45, 2.75) is 32.3 Å².